The molecule has 4 rings (SSSR count). The third-order valence-electron chi connectivity index (χ3n) is 5.52. The molecule has 0 bridgehead atoms. The predicted molar refractivity (Wildman–Crippen MR) is 113 cm³/mol. The van der Waals surface area contributed by atoms with E-state index in [1.54, 1.807) is 25.1 Å². The average molecular weight is 428 g/mol. The van der Waals surface area contributed by atoms with Crippen LogP contribution in [0.5, 0.6) is 0 Å². The Morgan fingerprint density at radius 1 is 1.20 bits per heavy atom. The van der Waals surface area contributed by atoms with E-state index >= 15 is 0 Å². The lowest BCUT2D eigenvalue weighted by Crippen LogP contribution is -2.40. The van der Waals surface area contributed by atoms with Gasteiger partial charge in [-0.15, -0.1) is 0 Å². The van der Waals surface area contributed by atoms with Crippen LogP contribution in [0, 0.1) is 12.8 Å². The maximum Gasteiger partial charge on any atom is 0.309 e. The van der Waals surface area contributed by atoms with Crippen LogP contribution < -0.4 is 0 Å². The van der Waals surface area contributed by atoms with Crippen LogP contribution >= 0.6 is 0 Å². The summed E-state index contributed by atoms with van der Waals surface area (Å²) >= 11 is 0. The highest BCUT2D eigenvalue weighted by atomic mass is 32.2. The number of hydrogen-bond acceptors (Lipinski definition) is 5. The lowest BCUT2D eigenvalue weighted by Gasteiger charge is -2.30. The third kappa shape index (κ3) is 3.85. The van der Waals surface area contributed by atoms with Gasteiger partial charge in [0, 0.05) is 31.0 Å². The van der Waals surface area contributed by atoms with Gasteiger partial charge >= 0.3 is 5.97 Å². The minimum Gasteiger partial charge on any atom is -0.466 e. The minimum atomic E-state index is -3.65. The van der Waals surface area contributed by atoms with Crippen molar-refractivity contribution in [2.75, 3.05) is 19.7 Å². The first-order chi connectivity index (χ1) is 14.4. The van der Waals surface area contributed by atoms with Gasteiger partial charge < -0.3 is 9.14 Å². The molecule has 0 amide bonds. The highest BCUT2D eigenvalue weighted by Crippen LogP contribution is 2.28. The molecular formula is C22H25N3O4S. The van der Waals surface area contributed by atoms with Crippen molar-refractivity contribution in [3.05, 3.63) is 54.4 Å². The van der Waals surface area contributed by atoms with Crippen LogP contribution in [0.15, 0.2) is 53.7 Å². The van der Waals surface area contributed by atoms with Crippen molar-refractivity contribution in [2.24, 2.45) is 5.92 Å². The summed E-state index contributed by atoms with van der Waals surface area (Å²) in [5.74, 6) is -0.470. The maximum atomic E-state index is 13.2. The number of esters is 1. The number of rotatable bonds is 5. The van der Waals surface area contributed by atoms with Crippen LogP contribution in [0.4, 0.5) is 0 Å². The van der Waals surface area contributed by atoms with E-state index in [9.17, 15) is 13.2 Å². The van der Waals surface area contributed by atoms with Crippen LogP contribution in [0.1, 0.15) is 25.3 Å². The van der Waals surface area contributed by atoms with Crippen molar-refractivity contribution < 1.29 is 17.9 Å². The summed E-state index contributed by atoms with van der Waals surface area (Å²) in [5, 5.41) is 0. The Bertz CT molecular complexity index is 1180. The smallest absolute Gasteiger partial charge is 0.309 e. The van der Waals surface area contributed by atoms with Gasteiger partial charge in [0.2, 0.25) is 10.0 Å². The van der Waals surface area contributed by atoms with Crippen LogP contribution in [0.2, 0.25) is 0 Å². The number of ether oxygens (including phenoxy) is 1. The molecule has 1 saturated heterocycles. The van der Waals surface area contributed by atoms with E-state index in [1.807, 2.05) is 41.9 Å². The van der Waals surface area contributed by atoms with Crippen LogP contribution in [-0.4, -0.2) is 47.8 Å². The molecule has 0 radical (unpaired) electrons. The zero-order valence-electron chi connectivity index (χ0n) is 17.1. The molecule has 0 saturated carbocycles. The quantitative estimate of drug-likeness (QED) is 0.584. The fraction of sp³-hybridized carbons (Fsp3) is 0.364. The van der Waals surface area contributed by atoms with Gasteiger partial charge in [-0.05, 0) is 50.5 Å². The molecule has 0 spiro atoms. The zero-order valence-corrected chi connectivity index (χ0v) is 17.9. The summed E-state index contributed by atoms with van der Waals surface area (Å²) in [6.45, 7) is 4.72. The molecule has 0 N–H and O–H groups in total. The molecule has 3 heterocycles. The number of piperidine rings is 1. The molecule has 2 aromatic heterocycles. The molecule has 30 heavy (non-hydrogen) atoms. The summed E-state index contributed by atoms with van der Waals surface area (Å²) in [4.78, 5) is 16.8. The third-order valence-corrected chi connectivity index (χ3v) is 7.41. The fourth-order valence-electron chi connectivity index (χ4n) is 3.85. The van der Waals surface area contributed by atoms with Gasteiger partial charge in [-0.3, -0.25) is 4.79 Å². The molecule has 158 valence electrons. The van der Waals surface area contributed by atoms with Gasteiger partial charge in [0.25, 0.3) is 0 Å². The first kappa shape index (κ1) is 20.6. The van der Waals surface area contributed by atoms with E-state index < -0.39 is 10.0 Å². The normalized spacial score (nSPS) is 16.1. The van der Waals surface area contributed by atoms with Crippen molar-refractivity contribution in [2.45, 2.75) is 31.6 Å². The molecule has 3 aromatic rings. The van der Waals surface area contributed by atoms with E-state index in [0.29, 0.717) is 32.5 Å². The van der Waals surface area contributed by atoms with Crippen LogP contribution in [0.3, 0.4) is 0 Å². The minimum absolute atomic E-state index is 0.232. The van der Waals surface area contributed by atoms with Gasteiger partial charge in [0.05, 0.1) is 23.1 Å². The van der Waals surface area contributed by atoms with Crippen molar-refractivity contribution in [1.82, 2.24) is 13.7 Å². The summed E-state index contributed by atoms with van der Waals surface area (Å²) in [6.07, 6.45) is 4.78. The number of hydrogen-bond donors (Lipinski definition) is 0. The first-order valence-corrected chi connectivity index (χ1v) is 11.6. The van der Waals surface area contributed by atoms with Crippen LogP contribution in [0.25, 0.3) is 16.9 Å². The number of pyridine rings is 1. The second-order valence-electron chi connectivity index (χ2n) is 7.51. The molecular weight excluding hydrogens is 402 g/mol. The Morgan fingerprint density at radius 2 is 1.97 bits per heavy atom. The molecule has 0 aliphatic carbocycles. The Kier molecular flexibility index (Phi) is 5.62. The number of sulfonamides is 1. The van der Waals surface area contributed by atoms with Crippen molar-refractivity contribution in [3.63, 3.8) is 0 Å². The van der Waals surface area contributed by atoms with E-state index in [0.717, 1.165) is 22.5 Å². The summed E-state index contributed by atoms with van der Waals surface area (Å²) in [7, 11) is -3.65. The monoisotopic (exact) mass is 427 g/mol. The van der Waals surface area contributed by atoms with E-state index in [1.165, 1.54) is 4.31 Å². The van der Waals surface area contributed by atoms with Crippen LogP contribution in [-0.2, 0) is 19.6 Å². The molecule has 1 aliphatic heterocycles. The average Bonchev–Trinajstić information content (AvgIpc) is 3.20. The Balaban J connectivity index is 1.57. The molecule has 1 aromatic carbocycles. The standard InChI is InChI=1S/C22H25N3O4S/c1-3-29-22(26)17-9-12-25(13-10-17)30(27,28)19-8-4-7-18(14-19)20-15-24-11-5-6-16(2)21(24)23-20/h4-8,11,14-15,17H,3,9-10,12-13H2,1-2H3. The topological polar surface area (TPSA) is 81.0 Å². The number of benzene rings is 1. The molecule has 1 fully saturated rings. The van der Waals surface area contributed by atoms with Gasteiger partial charge in [0.15, 0.2) is 0 Å². The number of fused-ring (bicyclic) bond motifs is 1. The number of aryl methyl sites for hydroxylation is 1. The summed E-state index contributed by atoms with van der Waals surface area (Å²) < 4.78 is 34.8. The lowest BCUT2D eigenvalue weighted by molar-refractivity contribution is -0.149. The Morgan fingerprint density at radius 3 is 2.67 bits per heavy atom. The van der Waals surface area contributed by atoms with E-state index in [-0.39, 0.29) is 16.8 Å². The second kappa shape index (κ2) is 8.20. The molecule has 1 aliphatic rings. The van der Waals surface area contributed by atoms with Gasteiger partial charge in [-0.1, -0.05) is 18.2 Å². The largest absolute Gasteiger partial charge is 0.466 e. The number of carbonyl (C=O) groups excluding carboxylic acids is 1. The summed E-state index contributed by atoms with van der Waals surface area (Å²) in [6, 6.07) is 10.8. The van der Waals surface area contributed by atoms with Crippen molar-refractivity contribution in [1.29, 1.82) is 0 Å². The summed E-state index contributed by atoms with van der Waals surface area (Å²) in [5.41, 5.74) is 3.38. The molecule has 0 unspecified atom stereocenters. The molecule has 0 atom stereocenters. The second-order valence-corrected chi connectivity index (χ2v) is 9.44. The van der Waals surface area contributed by atoms with Gasteiger partial charge in [-0.25, -0.2) is 13.4 Å². The highest BCUT2D eigenvalue weighted by molar-refractivity contribution is 7.89. The lowest BCUT2D eigenvalue weighted by atomic mass is 9.98. The van der Waals surface area contributed by atoms with Crippen molar-refractivity contribution in [3.8, 4) is 11.3 Å². The molecule has 8 heteroatoms. The zero-order chi connectivity index (χ0) is 21.3. The predicted octanol–water partition coefficient (Wildman–Crippen LogP) is 3.27. The number of aromatic nitrogens is 2. The number of nitrogens with zero attached hydrogens (tertiary/aromatic N) is 3. The Labute approximate surface area is 176 Å². The van der Waals surface area contributed by atoms with Crippen molar-refractivity contribution >= 4 is 21.6 Å². The van der Waals surface area contributed by atoms with Gasteiger partial charge in [0.1, 0.15) is 5.65 Å². The van der Waals surface area contributed by atoms with E-state index in [4.69, 9.17) is 4.74 Å². The maximum absolute atomic E-state index is 13.2. The van der Waals surface area contributed by atoms with Gasteiger partial charge in [-0.2, -0.15) is 4.31 Å². The number of imidazole rings is 1. The van der Waals surface area contributed by atoms with E-state index in [2.05, 4.69) is 4.98 Å². The fourth-order valence-corrected chi connectivity index (χ4v) is 5.37. The first-order valence-electron chi connectivity index (χ1n) is 10.1. The SMILES string of the molecule is CCOC(=O)C1CCN(S(=O)(=O)c2cccc(-c3cn4cccc(C)c4n3)c2)CC1. The highest BCUT2D eigenvalue weighted by Gasteiger charge is 2.32. The molecule has 7 nitrogen and oxygen atoms in total. The Hall–Kier alpha value is -2.71. The number of carbonyl (C=O) groups is 1.